The van der Waals surface area contributed by atoms with E-state index < -0.39 is 23.7 Å². The van der Waals surface area contributed by atoms with Gasteiger partial charge in [-0.15, -0.1) is 0 Å². The first kappa shape index (κ1) is 24.6. The van der Waals surface area contributed by atoms with E-state index in [1.54, 1.807) is 48.5 Å². The molecule has 0 bridgehead atoms. The van der Waals surface area contributed by atoms with Crippen LogP contribution in [0.5, 0.6) is 0 Å². The number of carbonyl (C=O) groups is 4. The van der Waals surface area contributed by atoms with Gasteiger partial charge < -0.3 is 10.2 Å². The minimum absolute atomic E-state index is 0.0177. The third kappa shape index (κ3) is 5.24. The lowest BCUT2D eigenvalue weighted by molar-refractivity contribution is -0.142. The fourth-order valence-electron chi connectivity index (χ4n) is 4.12. The Morgan fingerprint density at radius 1 is 0.833 bits per heavy atom. The molecule has 0 aliphatic carbocycles. The van der Waals surface area contributed by atoms with Crippen LogP contribution in [0, 0.1) is 17.8 Å². The standard InChI is InChI=1S/C29H23NO6/c31-17-3-4-19-7-9-20(10-8-19)21-11-13-22(14-12-21)26(32)18-23(29(35)36)15-16-30-27(33)24-5-1-2-6-25(24)28(30)34/h1-2,5-14,23,31H,15-18H2,(H,35,36). The molecule has 36 heavy (non-hydrogen) atoms. The molecule has 2 amide bonds. The van der Waals surface area contributed by atoms with Crippen LogP contribution in [-0.4, -0.2) is 51.8 Å². The zero-order valence-corrected chi connectivity index (χ0v) is 19.3. The maximum absolute atomic E-state index is 12.8. The van der Waals surface area contributed by atoms with Crippen LogP contribution in [0.4, 0.5) is 0 Å². The zero-order chi connectivity index (χ0) is 25.7. The third-order valence-corrected chi connectivity index (χ3v) is 6.10. The van der Waals surface area contributed by atoms with Crippen LogP contribution < -0.4 is 0 Å². The molecule has 0 saturated heterocycles. The molecule has 0 saturated carbocycles. The van der Waals surface area contributed by atoms with Gasteiger partial charge in [0.1, 0.15) is 6.61 Å². The number of rotatable bonds is 8. The van der Waals surface area contributed by atoms with E-state index in [4.69, 9.17) is 5.11 Å². The van der Waals surface area contributed by atoms with Crippen LogP contribution in [0.1, 0.15) is 49.5 Å². The number of imide groups is 1. The highest BCUT2D eigenvalue weighted by atomic mass is 16.4. The van der Waals surface area contributed by atoms with Crippen molar-refractivity contribution in [1.82, 2.24) is 4.90 Å². The summed E-state index contributed by atoms with van der Waals surface area (Å²) in [5.74, 6) is 2.01. The average Bonchev–Trinajstić information content (AvgIpc) is 3.14. The van der Waals surface area contributed by atoms with Gasteiger partial charge in [-0.2, -0.15) is 0 Å². The van der Waals surface area contributed by atoms with E-state index in [0.29, 0.717) is 16.7 Å². The molecule has 3 aromatic carbocycles. The summed E-state index contributed by atoms with van der Waals surface area (Å²) in [7, 11) is 0. The zero-order valence-electron chi connectivity index (χ0n) is 19.3. The highest BCUT2D eigenvalue weighted by Crippen LogP contribution is 2.25. The predicted molar refractivity (Wildman–Crippen MR) is 132 cm³/mol. The third-order valence-electron chi connectivity index (χ3n) is 6.10. The number of aliphatic hydroxyl groups is 1. The van der Waals surface area contributed by atoms with Gasteiger partial charge in [0, 0.05) is 24.1 Å². The Labute approximate surface area is 208 Å². The van der Waals surface area contributed by atoms with Gasteiger partial charge in [0.2, 0.25) is 0 Å². The van der Waals surface area contributed by atoms with Gasteiger partial charge in [0.25, 0.3) is 11.8 Å². The van der Waals surface area contributed by atoms with Gasteiger partial charge in [-0.3, -0.25) is 24.1 Å². The van der Waals surface area contributed by atoms with Crippen molar-refractivity contribution in [2.24, 2.45) is 5.92 Å². The van der Waals surface area contributed by atoms with Gasteiger partial charge in [0.05, 0.1) is 17.0 Å². The Morgan fingerprint density at radius 3 is 1.92 bits per heavy atom. The topological polar surface area (TPSA) is 112 Å². The molecule has 1 atom stereocenters. The summed E-state index contributed by atoms with van der Waals surface area (Å²) in [6.45, 7) is -0.281. The molecular formula is C29H23NO6. The van der Waals surface area contributed by atoms with Gasteiger partial charge in [-0.05, 0) is 41.8 Å². The predicted octanol–water partition coefficient (Wildman–Crippen LogP) is 3.66. The number of hydrogen-bond donors (Lipinski definition) is 2. The molecule has 0 spiro atoms. The van der Waals surface area contributed by atoms with E-state index in [9.17, 15) is 24.3 Å². The molecule has 180 valence electrons. The van der Waals surface area contributed by atoms with E-state index in [0.717, 1.165) is 21.6 Å². The van der Waals surface area contributed by atoms with Gasteiger partial charge in [0.15, 0.2) is 5.78 Å². The number of benzene rings is 3. The maximum Gasteiger partial charge on any atom is 0.307 e. The van der Waals surface area contributed by atoms with Crippen LogP contribution in [0.2, 0.25) is 0 Å². The largest absolute Gasteiger partial charge is 0.481 e. The fraction of sp³-hybridized carbons (Fsp3) is 0.172. The average molecular weight is 482 g/mol. The number of carbonyl (C=O) groups excluding carboxylic acids is 3. The molecule has 1 heterocycles. The van der Waals surface area contributed by atoms with Crippen LogP contribution >= 0.6 is 0 Å². The Balaban J connectivity index is 1.39. The molecule has 1 aliphatic rings. The summed E-state index contributed by atoms with van der Waals surface area (Å²) < 4.78 is 0. The number of nitrogens with zero attached hydrogens (tertiary/aromatic N) is 1. The van der Waals surface area contributed by atoms with Crippen molar-refractivity contribution < 1.29 is 29.4 Å². The SMILES string of the molecule is O=C(CC(CCN1C(=O)c2ccccc2C1=O)C(=O)O)c1ccc(-c2ccc(C#CCO)cc2)cc1. The van der Waals surface area contributed by atoms with Crippen molar-refractivity contribution >= 4 is 23.6 Å². The molecule has 1 aliphatic heterocycles. The lowest BCUT2D eigenvalue weighted by atomic mass is 9.94. The maximum atomic E-state index is 12.8. The molecule has 3 aromatic rings. The van der Waals surface area contributed by atoms with Gasteiger partial charge >= 0.3 is 5.97 Å². The number of hydrogen-bond acceptors (Lipinski definition) is 5. The second kappa shape index (κ2) is 10.8. The highest BCUT2D eigenvalue weighted by molar-refractivity contribution is 6.21. The van der Waals surface area contributed by atoms with E-state index in [1.807, 2.05) is 24.3 Å². The number of Topliss-reactive ketones (excluding diaryl/α,β-unsaturated/α-hetero) is 1. The van der Waals surface area contributed by atoms with Crippen LogP contribution in [0.25, 0.3) is 11.1 Å². The molecule has 1 unspecified atom stereocenters. The van der Waals surface area contributed by atoms with Crippen LogP contribution in [-0.2, 0) is 4.79 Å². The number of carboxylic acid groups (broad SMARTS) is 1. The Morgan fingerprint density at radius 2 is 1.39 bits per heavy atom. The summed E-state index contributed by atoms with van der Waals surface area (Å²) in [5.41, 5.74) is 3.58. The summed E-state index contributed by atoms with van der Waals surface area (Å²) >= 11 is 0. The van der Waals surface area contributed by atoms with Crippen molar-refractivity contribution in [3.05, 3.63) is 95.1 Å². The molecule has 0 radical (unpaired) electrons. The summed E-state index contributed by atoms with van der Waals surface area (Å²) in [4.78, 5) is 50.7. The van der Waals surface area contributed by atoms with E-state index in [-0.39, 0.29) is 31.8 Å². The second-order valence-electron chi connectivity index (χ2n) is 8.37. The number of ketones is 1. The van der Waals surface area contributed by atoms with Crippen LogP contribution in [0.3, 0.4) is 0 Å². The molecular weight excluding hydrogens is 458 g/mol. The molecule has 7 nitrogen and oxygen atoms in total. The monoisotopic (exact) mass is 481 g/mol. The number of amides is 2. The molecule has 2 N–H and O–H groups in total. The Hall–Kier alpha value is -4.54. The summed E-state index contributed by atoms with van der Waals surface area (Å²) in [5, 5.41) is 18.4. The van der Waals surface area contributed by atoms with Crippen molar-refractivity contribution in [2.75, 3.05) is 13.2 Å². The molecule has 0 fully saturated rings. The van der Waals surface area contributed by atoms with Gasteiger partial charge in [-0.1, -0.05) is 60.4 Å². The summed E-state index contributed by atoms with van der Waals surface area (Å²) in [6.07, 6.45) is -0.258. The number of aliphatic carboxylic acids is 1. The highest BCUT2D eigenvalue weighted by Gasteiger charge is 2.35. The minimum atomic E-state index is -1.15. The second-order valence-corrected chi connectivity index (χ2v) is 8.37. The first-order chi connectivity index (χ1) is 17.4. The lowest BCUT2D eigenvalue weighted by Gasteiger charge is -2.17. The number of aliphatic hydroxyl groups excluding tert-OH is 1. The normalized spacial score (nSPS) is 13.1. The fourth-order valence-corrected chi connectivity index (χ4v) is 4.12. The van der Waals surface area contributed by atoms with Crippen molar-refractivity contribution in [2.45, 2.75) is 12.8 Å². The van der Waals surface area contributed by atoms with E-state index >= 15 is 0 Å². The van der Waals surface area contributed by atoms with Gasteiger partial charge in [-0.25, -0.2) is 0 Å². The minimum Gasteiger partial charge on any atom is -0.481 e. The summed E-state index contributed by atoms with van der Waals surface area (Å²) in [6, 6.07) is 20.8. The number of fused-ring (bicyclic) bond motifs is 1. The van der Waals surface area contributed by atoms with Crippen molar-refractivity contribution in [3.8, 4) is 23.0 Å². The molecule has 7 heteroatoms. The Bertz CT molecular complexity index is 1340. The van der Waals surface area contributed by atoms with Crippen molar-refractivity contribution in [1.29, 1.82) is 0 Å². The van der Waals surface area contributed by atoms with E-state index in [2.05, 4.69) is 11.8 Å². The lowest BCUT2D eigenvalue weighted by Crippen LogP contribution is -2.33. The first-order valence-corrected chi connectivity index (χ1v) is 11.4. The number of carboxylic acids is 1. The first-order valence-electron chi connectivity index (χ1n) is 11.4. The van der Waals surface area contributed by atoms with Crippen molar-refractivity contribution in [3.63, 3.8) is 0 Å². The Kier molecular flexibility index (Phi) is 7.38. The van der Waals surface area contributed by atoms with E-state index in [1.165, 1.54) is 0 Å². The molecule has 4 rings (SSSR count). The van der Waals surface area contributed by atoms with Crippen LogP contribution in [0.15, 0.2) is 72.8 Å². The molecule has 0 aromatic heterocycles. The smallest absolute Gasteiger partial charge is 0.307 e. The quantitative estimate of drug-likeness (QED) is 0.289.